The SMILES string of the molecule is Cc1occc1-c1nnc(SCC(=O)Nc2ccccc2C(C)(C)C)n1C. The van der Waals surface area contributed by atoms with Crippen molar-refractivity contribution < 1.29 is 9.21 Å². The topological polar surface area (TPSA) is 72.9 Å². The van der Waals surface area contributed by atoms with Gasteiger partial charge in [-0.1, -0.05) is 50.7 Å². The van der Waals surface area contributed by atoms with Crippen molar-refractivity contribution in [3.8, 4) is 11.4 Å². The summed E-state index contributed by atoms with van der Waals surface area (Å²) in [7, 11) is 1.89. The lowest BCUT2D eigenvalue weighted by atomic mass is 9.86. The van der Waals surface area contributed by atoms with E-state index in [0.717, 1.165) is 28.4 Å². The van der Waals surface area contributed by atoms with Gasteiger partial charge in [-0.3, -0.25) is 4.79 Å². The molecule has 142 valence electrons. The number of aromatic nitrogens is 3. The first-order valence-corrected chi connectivity index (χ1v) is 9.72. The number of para-hydroxylation sites is 1. The molecule has 3 rings (SSSR count). The molecule has 2 aromatic heterocycles. The Hall–Kier alpha value is -2.54. The highest BCUT2D eigenvalue weighted by Crippen LogP contribution is 2.30. The second-order valence-electron chi connectivity index (χ2n) is 7.39. The summed E-state index contributed by atoms with van der Waals surface area (Å²) in [5.74, 6) is 1.70. The Bertz CT molecular complexity index is 953. The fraction of sp³-hybridized carbons (Fsp3) is 0.350. The molecule has 1 N–H and O–H groups in total. The number of rotatable bonds is 5. The molecule has 0 atom stereocenters. The number of benzene rings is 1. The van der Waals surface area contributed by atoms with Crippen molar-refractivity contribution in [2.24, 2.45) is 7.05 Å². The second kappa shape index (κ2) is 7.60. The lowest BCUT2D eigenvalue weighted by Gasteiger charge is -2.22. The number of anilines is 1. The molecule has 0 aliphatic heterocycles. The Labute approximate surface area is 163 Å². The molecular weight excluding hydrogens is 360 g/mol. The summed E-state index contributed by atoms with van der Waals surface area (Å²) in [6, 6.07) is 9.77. The van der Waals surface area contributed by atoms with Gasteiger partial charge in [-0.15, -0.1) is 10.2 Å². The molecule has 0 fully saturated rings. The van der Waals surface area contributed by atoms with Crippen molar-refractivity contribution in [2.75, 3.05) is 11.1 Å². The summed E-state index contributed by atoms with van der Waals surface area (Å²) in [5, 5.41) is 12.1. The number of aryl methyl sites for hydroxylation is 1. The van der Waals surface area contributed by atoms with Gasteiger partial charge in [0.05, 0.1) is 17.6 Å². The quantitative estimate of drug-likeness (QED) is 0.660. The van der Waals surface area contributed by atoms with Crippen LogP contribution in [-0.4, -0.2) is 26.4 Å². The van der Waals surface area contributed by atoms with E-state index in [0.29, 0.717) is 5.16 Å². The van der Waals surface area contributed by atoms with E-state index >= 15 is 0 Å². The van der Waals surface area contributed by atoms with Crippen LogP contribution in [0.5, 0.6) is 0 Å². The molecule has 2 heterocycles. The van der Waals surface area contributed by atoms with E-state index in [-0.39, 0.29) is 17.1 Å². The maximum absolute atomic E-state index is 12.5. The largest absolute Gasteiger partial charge is 0.469 e. The zero-order valence-electron chi connectivity index (χ0n) is 16.2. The molecule has 0 unspecified atom stereocenters. The maximum Gasteiger partial charge on any atom is 0.234 e. The average Bonchev–Trinajstić information content (AvgIpc) is 3.18. The first-order valence-electron chi connectivity index (χ1n) is 8.73. The van der Waals surface area contributed by atoms with Crippen LogP contribution in [-0.2, 0) is 17.3 Å². The molecule has 1 amide bonds. The highest BCUT2D eigenvalue weighted by Gasteiger charge is 2.19. The van der Waals surface area contributed by atoms with Crippen molar-refractivity contribution in [3.05, 3.63) is 47.9 Å². The van der Waals surface area contributed by atoms with E-state index < -0.39 is 0 Å². The van der Waals surface area contributed by atoms with Crippen molar-refractivity contribution in [3.63, 3.8) is 0 Å². The maximum atomic E-state index is 12.5. The monoisotopic (exact) mass is 384 g/mol. The molecule has 0 radical (unpaired) electrons. The minimum Gasteiger partial charge on any atom is -0.469 e. The fourth-order valence-corrected chi connectivity index (χ4v) is 3.57. The second-order valence-corrected chi connectivity index (χ2v) is 8.33. The van der Waals surface area contributed by atoms with Crippen LogP contribution in [0.3, 0.4) is 0 Å². The summed E-state index contributed by atoms with van der Waals surface area (Å²) >= 11 is 1.36. The van der Waals surface area contributed by atoms with Crippen molar-refractivity contribution in [2.45, 2.75) is 38.3 Å². The van der Waals surface area contributed by atoms with Gasteiger partial charge in [0.25, 0.3) is 0 Å². The Morgan fingerprint density at radius 1 is 1.22 bits per heavy atom. The normalized spacial score (nSPS) is 11.6. The van der Waals surface area contributed by atoms with Crippen molar-refractivity contribution >= 4 is 23.4 Å². The first-order chi connectivity index (χ1) is 12.8. The van der Waals surface area contributed by atoms with E-state index in [2.05, 4.69) is 36.3 Å². The molecule has 0 aliphatic rings. The van der Waals surface area contributed by atoms with Crippen molar-refractivity contribution in [1.82, 2.24) is 14.8 Å². The lowest BCUT2D eigenvalue weighted by molar-refractivity contribution is -0.113. The number of hydrogen-bond donors (Lipinski definition) is 1. The van der Waals surface area contributed by atoms with Crippen LogP contribution >= 0.6 is 11.8 Å². The minimum atomic E-state index is -0.0688. The smallest absolute Gasteiger partial charge is 0.234 e. The van der Waals surface area contributed by atoms with Gasteiger partial charge in [0.1, 0.15) is 5.76 Å². The minimum absolute atomic E-state index is 0.0437. The Morgan fingerprint density at radius 3 is 2.63 bits per heavy atom. The van der Waals surface area contributed by atoms with Crippen LogP contribution < -0.4 is 5.32 Å². The van der Waals surface area contributed by atoms with E-state index in [1.165, 1.54) is 11.8 Å². The molecule has 0 saturated heterocycles. The third kappa shape index (κ3) is 4.24. The molecule has 6 nitrogen and oxygen atoms in total. The van der Waals surface area contributed by atoms with Gasteiger partial charge in [0.2, 0.25) is 5.91 Å². The zero-order chi connectivity index (χ0) is 19.6. The number of furan rings is 1. The molecule has 0 saturated carbocycles. The molecule has 7 heteroatoms. The van der Waals surface area contributed by atoms with Crippen LogP contribution in [0.15, 0.2) is 46.2 Å². The molecule has 3 aromatic rings. The van der Waals surface area contributed by atoms with Gasteiger partial charge in [0.15, 0.2) is 11.0 Å². The molecule has 0 spiro atoms. The van der Waals surface area contributed by atoms with Crippen LogP contribution in [0, 0.1) is 6.92 Å². The van der Waals surface area contributed by atoms with Crippen molar-refractivity contribution in [1.29, 1.82) is 0 Å². The van der Waals surface area contributed by atoms with E-state index in [1.54, 1.807) is 6.26 Å². The van der Waals surface area contributed by atoms with Crippen LogP contribution in [0.1, 0.15) is 32.1 Å². The summed E-state index contributed by atoms with van der Waals surface area (Å²) in [6.45, 7) is 8.28. The predicted octanol–water partition coefficient (Wildman–Crippen LogP) is 4.41. The zero-order valence-corrected chi connectivity index (χ0v) is 17.1. The fourth-order valence-electron chi connectivity index (χ4n) is 2.85. The third-order valence-electron chi connectivity index (χ3n) is 4.28. The average molecular weight is 385 g/mol. The number of nitrogens with zero attached hydrogens (tertiary/aromatic N) is 3. The summed E-state index contributed by atoms with van der Waals surface area (Å²) in [5.41, 5.74) is 2.82. The van der Waals surface area contributed by atoms with Crippen LogP contribution in [0.4, 0.5) is 5.69 Å². The first kappa shape index (κ1) is 19.2. The van der Waals surface area contributed by atoms with Gasteiger partial charge in [-0.05, 0) is 30.0 Å². The number of thioether (sulfide) groups is 1. The summed E-state index contributed by atoms with van der Waals surface area (Å²) in [4.78, 5) is 12.5. The number of carbonyl (C=O) groups excluding carboxylic acids is 1. The van der Waals surface area contributed by atoms with E-state index in [1.807, 2.05) is 48.9 Å². The standard InChI is InChI=1S/C20H24N4O2S/c1-13-14(10-11-26-13)18-22-23-19(24(18)5)27-12-17(25)21-16-9-7-6-8-15(16)20(2,3)4/h6-11H,12H2,1-5H3,(H,21,25). The lowest BCUT2D eigenvalue weighted by Crippen LogP contribution is -2.20. The van der Waals surface area contributed by atoms with Gasteiger partial charge in [-0.25, -0.2) is 0 Å². The van der Waals surface area contributed by atoms with Gasteiger partial charge in [0, 0.05) is 12.7 Å². The van der Waals surface area contributed by atoms with E-state index in [4.69, 9.17) is 4.42 Å². The molecule has 0 bridgehead atoms. The van der Waals surface area contributed by atoms with E-state index in [9.17, 15) is 4.79 Å². The predicted molar refractivity (Wildman–Crippen MR) is 108 cm³/mol. The highest BCUT2D eigenvalue weighted by atomic mass is 32.2. The number of nitrogens with one attached hydrogen (secondary N) is 1. The Kier molecular flexibility index (Phi) is 5.41. The number of amides is 1. The van der Waals surface area contributed by atoms with Crippen LogP contribution in [0.25, 0.3) is 11.4 Å². The number of carbonyl (C=O) groups is 1. The third-order valence-corrected chi connectivity index (χ3v) is 5.30. The van der Waals surface area contributed by atoms with Gasteiger partial charge >= 0.3 is 0 Å². The number of hydrogen-bond acceptors (Lipinski definition) is 5. The Morgan fingerprint density at radius 2 is 1.96 bits per heavy atom. The van der Waals surface area contributed by atoms with Gasteiger partial charge < -0.3 is 14.3 Å². The summed E-state index contributed by atoms with van der Waals surface area (Å²) < 4.78 is 7.21. The molecule has 27 heavy (non-hydrogen) atoms. The highest BCUT2D eigenvalue weighted by molar-refractivity contribution is 7.99. The summed E-state index contributed by atoms with van der Waals surface area (Å²) in [6.07, 6.45) is 1.63. The molecule has 1 aromatic carbocycles. The van der Waals surface area contributed by atoms with Crippen LogP contribution in [0.2, 0.25) is 0 Å². The Balaban J connectivity index is 1.68. The van der Waals surface area contributed by atoms with Gasteiger partial charge in [-0.2, -0.15) is 0 Å². The molecule has 0 aliphatic carbocycles. The molecular formula is C20H24N4O2S.